The first-order chi connectivity index (χ1) is 13.5. The number of rotatable bonds is 2. The summed E-state index contributed by atoms with van der Waals surface area (Å²) in [6, 6.07) is 20.0. The highest BCUT2D eigenvalue weighted by atomic mass is 35.5. The van der Waals surface area contributed by atoms with Crippen molar-refractivity contribution in [3.05, 3.63) is 94.0 Å². The Morgan fingerprint density at radius 3 is 2.54 bits per heavy atom. The largest absolute Gasteiger partial charge is 0.427 e. The number of benzene rings is 3. The first kappa shape index (κ1) is 18.0. The lowest BCUT2D eigenvalue weighted by atomic mass is 9.92. The van der Waals surface area contributed by atoms with Gasteiger partial charge in [0.25, 0.3) is 5.91 Å². The minimum atomic E-state index is -0.378. The zero-order valence-corrected chi connectivity index (χ0v) is 15.8. The van der Waals surface area contributed by atoms with Gasteiger partial charge in [0.15, 0.2) is 0 Å². The molecule has 0 radical (unpaired) electrons. The summed E-state index contributed by atoms with van der Waals surface area (Å²) < 4.78 is 5.19. The second-order valence-electron chi connectivity index (χ2n) is 6.41. The van der Waals surface area contributed by atoms with Crippen molar-refractivity contribution in [1.82, 2.24) is 0 Å². The van der Waals surface area contributed by atoms with E-state index in [4.69, 9.17) is 16.3 Å². The summed E-state index contributed by atoms with van der Waals surface area (Å²) in [5.74, 6) is -0.0861. The van der Waals surface area contributed by atoms with Gasteiger partial charge in [0.05, 0.1) is 0 Å². The van der Waals surface area contributed by atoms with Crippen molar-refractivity contribution in [3.8, 4) is 5.75 Å². The average Bonchev–Trinajstić information content (AvgIpc) is 2.77. The molecule has 1 heterocycles. The van der Waals surface area contributed by atoms with Crippen LogP contribution >= 0.6 is 11.6 Å². The van der Waals surface area contributed by atoms with Crippen molar-refractivity contribution in [2.75, 3.05) is 5.32 Å². The Morgan fingerprint density at radius 2 is 1.75 bits per heavy atom. The molecular formula is C23H16ClNO3. The van der Waals surface area contributed by atoms with E-state index >= 15 is 0 Å². The van der Waals surface area contributed by atoms with Gasteiger partial charge in [-0.25, -0.2) is 0 Å². The van der Waals surface area contributed by atoms with Crippen LogP contribution in [0.25, 0.3) is 11.6 Å². The lowest BCUT2D eigenvalue weighted by Crippen LogP contribution is -2.11. The lowest BCUT2D eigenvalue weighted by Gasteiger charge is -2.12. The molecule has 0 saturated carbocycles. The number of anilines is 1. The molecule has 0 atom stereocenters. The molecule has 3 aromatic rings. The Hall–Kier alpha value is -3.37. The maximum absolute atomic E-state index is 12.7. The summed E-state index contributed by atoms with van der Waals surface area (Å²) in [7, 11) is 0. The maximum Gasteiger partial charge on any atom is 0.308 e. The first-order valence-electron chi connectivity index (χ1n) is 8.72. The van der Waals surface area contributed by atoms with Gasteiger partial charge < -0.3 is 10.1 Å². The summed E-state index contributed by atoms with van der Waals surface area (Å²) in [4.78, 5) is 24.0. The highest BCUT2D eigenvalue weighted by molar-refractivity contribution is 6.31. The molecule has 3 aromatic carbocycles. The molecule has 0 bridgehead atoms. The second kappa shape index (κ2) is 7.33. The van der Waals surface area contributed by atoms with Gasteiger partial charge in [-0.2, -0.15) is 0 Å². The summed E-state index contributed by atoms with van der Waals surface area (Å²) in [6.45, 7) is 1.36. The van der Waals surface area contributed by atoms with Gasteiger partial charge in [0, 0.05) is 28.8 Å². The molecule has 0 saturated heterocycles. The van der Waals surface area contributed by atoms with Crippen LogP contribution in [-0.4, -0.2) is 11.9 Å². The van der Waals surface area contributed by atoms with E-state index in [2.05, 4.69) is 5.32 Å². The topological polar surface area (TPSA) is 55.4 Å². The van der Waals surface area contributed by atoms with Crippen molar-refractivity contribution in [2.24, 2.45) is 0 Å². The van der Waals surface area contributed by atoms with Crippen LogP contribution in [0.4, 0.5) is 5.69 Å². The first-order valence-corrected chi connectivity index (χ1v) is 9.10. The zero-order chi connectivity index (χ0) is 19.7. The van der Waals surface area contributed by atoms with Gasteiger partial charge in [-0.3, -0.25) is 9.59 Å². The van der Waals surface area contributed by atoms with E-state index in [9.17, 15) is 9.59 Å². The van der Waals surface area contributed by atoms with Crippen LogP contribution in [0.3, 0.4) is 0 Å². The second-order valence-corrected chi connectivity index (χ2v) is 6.85. The monoisotopic (exact) mass is 389 g/mol. The summed E-state index contributed by atoms with van der Waals surface area (Å²) >= 11 is 6.25. The number of nitrogens with one attached hydrogen (secondary N) is 1. The van der Waals surface area contributed by atoms with Gasteiger partial charge in [-0.15, -0.1) is 0 Å². The summed E-state index contributed by atoms with van der Waals surface area (Å²) in [5, 5.41) is 3.53. The predicted molar refractivity (Wildman–Crippen MR) is 111 cm³/mol. The van der Waals surface area contributed by atoms with Gasteiger partial charge in [0.1, 0.15) is 5.75 Å². The third-order valence-electron chi connectivity index (χ3n) is 4.41. The Balaban J connectivity index is 1.94. The van der Waals surface area contributed by atoms with Crippen LogP contribution < -0.4 is 10.1 Å². The van der Waals surface area contributed by atoms with Crippen molar-refractivity contribution in [1.29, 1.82) is 0 Å². The van der Waals surface area contributed by atoms with E-state index < -0.39 is 0 Å². The predicted octanol–water partition coefficient (Wildman–Crippen LogP) is 5.42. The number of halogens is 1. The fourth-order valence-electron chi connectivity index (χ4n) is 3.25. The normalized spacial score (nSPS) is 13.9. The number of hydrogen-bond donors (Lipinski definition) is 1. The van der Waals surface area contributed by atoms with Crippen LogP contribution in [0.1, 0.15) is 34.0 Å². The van der Waals surface area contributed by atoms with Crippen molar-refractivity contribution < 1.29 is 14.3 Å². The molecule has 1 amide bonds. The molecule has 1 aliphatic heterocycles. The molecule has 0 spiro atoms. The third-order valence-corrected chi connectivity index (χ3v) is 4.65. The molecule has 1 N–H and O–H groups in total. The minimum Gasteiger partial charge on any atom is -0.427 e. The van der Waals surface area contributed by atoms with E-state index in [0.717, 1.165) is 22.3 Å². The molecule has 0 aliphatic carbocycles. The van der Waals surface area contributed by atoms with Gasteiger partial charge in [0.2, 0.25) is 0 Å². The number of ether oxygens (including phenoxy) is 1. The Kier molecular flexibility index (Phi) is 4.72. The van der Waals surface area contributed by atoms with Gasteiger partial charge in [-0.1, -0.05) is 41.9 Å². The standard InChI is InChI=1S/C23H16ClNO3/c1-14(26)28-17-6-4-5-15(11-17)12-20-18-7-2-3-8-19(18)23(27)25-22-10-9-16(24)13-21(20)22/h2-13H,1H3,(H,25,27)/b20-12+. The third kappa shape index (κ3) is 3.55. The van der Waals surface area contributed by atoms with Gasteiger partial charge in [-0.05, 0) is 59.2 Å². The lowest BCUT2D eigenvalue weighted by molar-refractivity contribution is -0.131. The Labute approximate surface area is 167 Å². The van der Waals surface area contributed by atoms with Crippen LogP contribution in [0.5, 0.6) is 5.75 Å². The molecule has 138 valence electrons. The number of fused-ring (bicyclic) bond motifs is 2. The average molecular weight is 390 g/mol. The van der Waals surface area contributed by atoms with Crippen LogP contribution in [0, 0.1) is 0 Å². The molecule has 0 unspecified atom stereocenters. The van der Waals surface area contributed by atoms with E-state index in [0.29, 0.717) is 22.0 Å². The molecule has 0 fully saturated rings. The number of esters is 1. The van der Waals surface area contributed by atoms with Crippen molar-refractivity contribution >= 4 is 40.8 Å². The van der Waals surface area contributed by atoms with E-state index in [-0.39, 0.29) is 11.9 Å². The van der Waals surface area contributed by atoms with Crippen LogP contribution in [0.15, 0.2) is 66.7 Å². The molecule has 4 rings (SSSR count). The van der Waals surface area contributed by atoms with E-state index in [1.54, 1.807) is 30.3 Å². The van der Waals surface area contributed by atoms with Crippen molar-refractivity contribution in [2.45, 2.75) is 6.92 Å². The highest BCUT2D eigenvalue weighted by Crippen LogP contribution is 2.38. The number of amides is 1. The molecular weight excluding hydrogens is 374 g/mol. The Morgan fingerprint density at radius 1 is 0.964 bits per heavy atom. The minimum absolute atomic E-state index is 0.170. The highest BCUT2D eigenvalue weighted by Gasteiger charge is 2.23. The van der Waals surface area contributed by atoms with E-state index in [1.807, 2.05) is 42.5 Å². The number of carbonyl (C=O) groups excluding carboxylic acids is 2. The summed E-state index contributed by atoms with van der Waals surface area (Å²) in [5.41, 5.74) is 4.59. The SMILES string of the molecule is CC(=O)Oc1cccc(/C=C2/c3cc(Cl)ccc3NC(=O)c3ccccc32)c1. The molecule has 28 heavy (non-hydrogen) atoms. The fraction of sp³-hybridized carbons (Fsp3) is 0.0435. The van der Waals surface area contributed by atoms with Crippen molar-refractivity contribution in [3.63, 3.8) is 0 Å². The molecule has 4 nitrogen and oxygen atoms in total. The van der Waals surface area contributed by atoms with Gasteiger partial charge >= 0.3 is 5.97 Å². The summed E-state index contributed by atoms with van der Waals surface area (Å²) in [6.07, 6.45) is 1.96. The molecule has 0 aromatic heterocycles. The quantitative estimate of drug-likeness (QED) is 0.470. The Bertz CT molecular complexity index is 1130. The molecule has 1 aliphatic rings. The maximum atomic E-state index is 12.7. The molecule has 5 heteroatoms. The number of hydrogen-bond acceptors (Lipinski definition) is 3. The zero-order valence-electron chi connectivity index (χ0n) is 15.0. The van der Waals surface area contributed by atoms with E-state index in [1.165, 1.54) is 6.92 Å². The van der Waals surface area contributed by atoms with Crippen LogP contribution in [0.2, 0.25) is 5.02 Å². The number of carbonyl (C=O) groups is 2. The fourth-order valence-corrected chi connectivity index (χ4v) is 3.43. The van der Waals surface area contributed by atoms with Crippen LogP contribution in [-0.2, 0) is 4.79 Å². The smallest absolute Gasteiger partial charge is 0.308 e.